The van der Waals surface area contributed by atoms with Gasteiger partial charge in [0.05, 0.1) is 0 Å². The molecule has 0 aromatic carbocycles. The van der Waals surface area contributed by atoms with E-state index < -0.39 is 16.2 Å². The van der Waals surface area contributed by atoms with Crippen LogP contribution in [0.25, 0.3) is 0 Å². The quantitative estimate of drug-likeness (QED) is 0.367. The zero-order valence-corrected chi connectivity index (χ0v) is 6.53. The first kappa shape index (κ1) is 109. The Balaban J connectivity index is -0.00000000138. The zero-order chi connectivity index (χ0) is 4.71. The summed E-state index contributed by atoms with van der Waals surface area (Å²) in [7, 11) is 0. The normalized spacial score (nSPS) is 1.27. The molecule has 0 rings (SSSR count). The van der Waals surface area contributed by atoms with Gasteiger partial charge < -0.3 is 1.43 Å². The monoisotopic (exact) mass is 227 g/mol. The van der Waals surface area contributed by atoms with Crippen LogP contribution in [0.4, 0.5) is 28.0 Å². The molecule has 0 atom stereocenters. The van der Waals surface area contributed by atoms with Gasteiger partial charge in [-0.2, -0.15) is 0 Å². The van der Waals surface area contributed by atoms with E-state index in [2.05, 4.69) is 0 Å². The first-order valence-corrected chi connectivity index (χ1v) is 1.67. The van der Waals surface area contributed by atoms with Gasteiger partial charge in [0, 0.05) is 0 Å². The molecule has 0 aliphatic carbocycles. The molecule has 0 aromatic rings. The molecule has 1 N–H and O–H groups in total. The molecule has 3 nitrogen and oxygen atoms in total. The van der Waals surface area contributed by atoms with E-state index >= 15 is 0 Å². The Labute approximate surface area is 77.7 Å². The zero-order valence-electron chi connectivity index (χ0n) is 6.13. The van der Waals surface area contributed by atoms with Crippen molar-refractivity contribution in [1.29, 1.82) is 0 Å². The number of hydrogen-bond acceptors (Lipinski definition) is 3. The minimum absolute atomic E-state index is 0. The van der Waals surface area contributed by atoms with Gasteiger partial charge in [0.1, 0.15) is 0 Å². The van der Waals surface area contributed by atoms with E-state index in [0.29, 0.717) is 0 Å². The van der Waals surface area contributed by atoms with Crippen LogP contribution in [0.2, 0.25) is 0 Å². The van der Waals surface area contributed by atoms with Crippen LogP contribution >= 0.6 is 0 Å². The summed E-state index contributed by atoms with van der Waals surface area (Å²) in [4.78, 5) is 0. The Morgan fingerprint density at radius 1 is 0.909 bits per heavy atom. The van der Waals surface area contributed by atoms with Gasteiger partial charge in [-0.15, -0.1) is 0 Å². The van der Waals surface area contributed by atoms with Crippen molar-refractivity contribution in [3.05, 3.63) is 0 Å². The summed E-state index contributed by atoms with van der Waals surface area (Å²) in [6.45, 7) is 0. The van der Waals surface area contributed by atoms with Gasteiger partial charge in [0.25, 0.3) is 0 Å². The van der Waals surface area contributed by atoms with Crippen molar-refractivity contribution in [2.24, 2.45) is 0 Å². The van der Waals surface area contributed by atoms with Crippen LogP contribution < -0.4 is 18.9 Å². The Morgan fingerprint density at radius 2 is 0.909 bits per heavy atom. The van der Waals surface area contributed by atoms with Crippen molar-refractivity contribution in [3.8, 4) is 0 Å². The van der Waals surface area contributed by atoms with Crippen molar-refractivity contribution in [2.75, 3.05) is 0 Å². The number of hydrogen-bond donors (Lipinski definition) is 1. The van der Waals surface area contributed by atoms with Gasteiger partial charge in [-0.25, -0.2) is 5.31 Å². The van der Waals surface area contributed by atoms with E-state index in [1.54, 1.807) is 0 Å². The average Bonchev–Trinajstić information content (AvgIpc) is 1.46. The molecule has 0 saturated carbocycles. The second-order valence-electron chi connectivity index (χ2n) is 0.0745. The van der Waals surface area contributed by atoms with Crippen LogP contribution in [-0.4, -0.2) is 5.31 Å². The molecule has 0 bridgehead atoms. The van der Waals surface area contributed by atoms with E-state index in [1.807, 2.05) is 0 Å². The van der Waals surface area contributed by atoms with Crippen LogP contribution in [0, 0.1) is 0 Å². The maximum absolute atomic E-state index is 8.50. The fraction of sp³-hybridized carbons (Fsp3) is 0. The SMILES string of the molecule is F.F.F.F.F.OF.[H-].[Li+].[O]=[V]=[O]. The molecule has 0 saturated heterocycles. The standard InChI is InChI=1S/FHO.5FH.Li.2O.V.H/c1-2;;;;;;;;;;/h2H;5*1H;;;;;/q;;;;;;+1;;;;-1. The van der Waals surface area contributed by atoms with Crippen LogP contribution in [0.15, 0.2) is 0 Å². The molecule has 0 amide bonds. The molecule has 0 aromatic heterocycles. The summed E-state index contributed by atoms with van der Waals surface area (Å²) < 4.78 is 25.4. The summed E-state index contributed by atoms with van der Waals surface area (Å²) in [6.07, 6.45) is 0. The summed E-state index contributed by atoms with van der Waals surface area (Å²) >= 11 is -1.81. The molecule has 11 heteroatoms. The van der Waals surface area contributed by atoms with Gasteiger partial charge in [-0.1, -0.05) is 4.53 Å². The third-order valence-corrected chi connectivity index (χ3v) is 0. The van der Waals surface area contributed by atoms with E-state index in [1.165, 1.54) is 0 Å². The van der Waals surface area contributed by atoms with Crippen molar-refractivity contribution in [1.82, 2.24) is 0 Å². The Kier molecular flexibility index (Phi) is 5100. The molecular formula is H7F6LiO3V. The first-order valence-electron chi connectivity index (χ1n) is 0.534. The van der Waals surface area contributed by atoms with E-state index in [-0.39, 0.29) is 43.8 Å². The molecule has 0 aliphatic heterocycles. The van der Waals surface area contributed by atoms with Crippen molar-refractivity contribution < 1.29 is 77.2 Å². The van der Waals surface area contributed by atoms with Crippen molar-refractivity contribution in [2.45, 2.75) is 0 Å². The summed E-state index contributed by atoms with van der Waals surface area (Å²) in [5, 5.41) is 5.50. The van der Waals surface area contributed by atoms with Crippen LogP contribution in [0.1, 0.15) is 1.43 Å². The third kappa shape index (κ3) is 6900. The summed E-state index contributed by atoms with van der Waals surface area (Å²) in [5.74, 6) is 0. The van der Waals surface area contributed by atoms with Gasteiger partial charge in [-0.3, -0.25) is 23.5 Å². The topological polar surface area (TPSA) is 54.4 Å². The fourth-order valence-corrected chi connectivity index (χ4v) is 0. The Bertz CT molecular complexity index is 43.8. The predicted molar refractivity (Wildman–Crippen MR) is 18.3 cm³/mol. The van der Waals surface area contributed by atoms with E-state index in [9.17, 15) is 0 Å². The van der Waals surface area contributed by atoms with Gasteiger partial charge >= 0.3 is 42.4 Å². The van der Waals surface area contributed by atoms with Crippen LogP contribution in [0.5, 0.6) is 0 Å². The molecule has 0 spiro atoms. The summed E-state index contributed by atoms with van der Waals surface area (Å²) in [6, 6.07) is 0. The Morgan fingerprint density at radius 3 is 0.909 bits per heavy atom. The molecule has 0 unspecified atom stereocenters. The molecule has 0 heterocycles. The van der Waals surface area contributed by atoms with Crippen LogP contribution in [-0.2, 0) is 23.5 Å². The summed E-state index contributed by atoms with van der Waals surface area (Å²) in [5.41, 5.74) is 0. The maximum atomic E-state index is 8.50. The van der Waals surface area contributed by atoms with Crippen LogP contribution in [0.3, 0.4) is 0 Å². The minimum atomic E-state index is -1.81. The molecular weight excluding hydrogens is 220 g/mol. The first-order chi connectivity index (χ1) is 2.41. The van der Waals surface area contributed by atoms with Gasteiger partial charge in [-0.05, 0) is 0 Å². The molecule has 0 radical (unpaired) electrons. The third-order valence-electron chi connectivity index (χ3n) is 0. The van der Waals surface area contributed by atoms with Crippen molar-refractivity contribution >= 4 is 0 Å². The number of rotatable bonds is 0. The average molecular weight is 227 g/mol. The molecule has 0 fully saturated rings. The van der Waals surface area contributed by atoms with E-state index in [4.69, 9.17) is 17.2 Å². The van der Waals surface area contributed by atoms with Crippen molar-refractivity contribution in [3.63, 3.8) is 0 Å². The Hall–Kier alpha value is 0.322. The second-order valence-corrected chi connectivity index (χ2v) is 0.307. The molecule has 0 aliphatic rings. The second kappa shape index (κ2) is 513. The van der Waals surface area contributed by atoms with Gasteiger partial charge in [0.15, 0.2) is 0 Å². The molecule has 73 valence electrons. The number of halogens is 6. The fourth-order valence-electron chi connectivity index (χ4n) is 0. The predicted octanol–water partition coefficient (Wildman–Crippen LogP) is -2.50. The molecule has 11 heavy (non-hydrogen) atoms. The van der Waals surface area contributed by atoms with E-state index in [0.717, 1.165) is 0 Å². The van der Waals surface area contributed by atoms with Gasteiger partial charge in [0.2, 0.25) is 0 Å².